The normalized spacial score (nSPS) is 15.6. The lowest BCUT2D eigenvalue weighted by Crippen LogP contribution is -2.26. The SMILES string of the molecule is C1=CCC2C(=C1)c1cc(-c3ccc(Cc4ccc(-c5ccccc5)cc4)cc3)ccc1N2c1ccccc1. The van der Waals surface area contributed by atoms with E-state index >= 15 is 0 Å². The summed E-state index contributed by atoms with van der Waals surface area (Å²) in [5.41, 5.74) is 13.0. The van der Waals surface area contributed by atoms with Gasteiger partial charge in [-0.2, -0.15) is 0 Å². The van der Waals surface area contributed by atoms with Crippen LogP contribution in [-0.4, -0.2) is 6.04 Å². The van der Waals surface area contributed by atoms with Crippen molar-refractivity contribution in [1.82, 2.24) is 0 Å². The lowest BCUT2D eigenvalue weighted by atomic mass is 9.93. The zero-order valence-electron chi connectivity index (χ0n) is 21.3. The summed E-state index contributed by atoms with van der Waals surface area (Å²) < 4.78 is 0. The number of benzene rings is 5. The molecule has 1 heteroatoms. The van der Waals surface area contributed by atoms with Gasteiger partial charge in [-0.1, -0.05) is 121 Å². The van der Waals surface area contributed by atoms with Crippen LogP contribution >= 0.6 is 0 Å². The molecule has 182 valence electrons. The molecule has 0 saturated carbocycles. The molecule has 0 spiro atoms. The Hall–Kier alpha value is -4.62. The Balaban J connectivity index is 1.14. The first-order valence-corrected chi connectivity index (χ1v) is 13.4. The number of nitrogens with zero attached hydrogens (tertiary/aromatic N) is 1. The van der Waals surface area contributed by atoms with Crippen molar-refractivity contribution in [3.05, 3.63) is 162 Å². The van der Waals surface area contributed by atoms with E-state index in [0.29, 0.717) is 6.04 Å². The second kappa shape index (κ2) is 9.68. The van der Waals surface area contributed by atoms with Crippen LogP contribution in [0, 0.1) is 0 Å². The van der Waals surface area contributed by atoms with Gasteiger partial charge in [-0.15, -0.1) is 0 Å². The van der Waals surface area contributed by atoms with E-state index in [2.05, 4.69) is 151 Å². The summed E-state index contributed by atoms with van der Waals surface area (Å²) in [6.45, 7) is 0. The maximum atomic E-state index is 2.50. The van der Waals surface area contributed by atoms with Crippen LogP contribution in [0.1, 0.15) is 23.1 Å². The Morgan fingerprint density at radius 3 is 1.84 bits per heavy atom. The summed E-state index contributed by atoms with van der Waals surface area (Å²) in [6.07, 6.45) is 8.76. The summed E-state index contributed by atoms with van der Waals surface area (Å²) in [5, 5.41) is 0. The maximum absolute atomic E-state index is 2.50. The van der Waals surface area contributed by atoms with Crippen molar-refractivity contribution in [2.24, 2.45) is 0 Å². The zero-order chi connectivity index (χ0) is 25.3. The number of rotatable bonds is 5. The molecule has 1 nitrogen and oxygen atoms in total. The second-order valence-corrected chi connectivity index (χ2v) is 10.2. The van der Waals surface area contributed by atoms with Crippen molar-refractivity contribution >= 4 is 16.9 Å². The minimum absolute atomic E-state index is 0.364. The smallest absolute Gasteiger partial charge is 0.0632 e. The van der Waals surface area contributed by atoms with Gasteiger partial charge in [0.2, 0.25) is 0 Å². The van der Waals surface area contributed by atoms with Crippen molar-refractivity contribution in [3.63, 3.8) is 0 Å². The van der Waals surface area contributed by atoms with Crippen molar-refractivity contribution in [1.29, 1.82) is 0 Å². The quantitative estimate of drug-likeness (QED) is 0.239. The average Bonchev–Trinajstić information content (AvgIpc) is 3.33. The summed E-state index contributed by atoms with van der Waals surface area (Å²) in [4.78, 5) is 2.50. The van der Waals surface area contributed by atoms with Crippen LogP contribution in [0.3, 0.4) is 0 Å². The first-order chi connectivity index (χ1) is 18.8. The molecule has 0 bridgehead atoms. The maximum Gasteiger partial charge on any atom is 0.0632 e. The van der Waals surface area contributed by atoms with Gasteiger partial charge in [0.05, 0.1) is 6.04 Å². The summed E-state index contributed by atoms with van der Waals surface area (Å²) >= 11 is 0. The predicted molar refractivity (Wildman–Crippen MR) is 161 cm³/mol. The van der Waals surface area contributed by atoms with Gasteiger partial charge in [-0.05, 0) is 76.1 Å². The minimum Gasteiger partial charge on any atom is -0.333 e. The van der Waals surface area contributed by atoms with E-state index in [4.69, 9.17) is 0 Å². The largest absolute Gasteiger partial charge is 0.333 e. The fraction of sp³-hybridized carbons (Fsp3) is 0.0811. The van der Waals surface area contributed by atoms with Crippen LogP contribution in [0.25, 0.3) is 27.8 Å². The van der Waals surface area contributed by atoms with E-state index in [1.165, 1.54) is 55.9 Å². The molecule has 1 unspecified atom stereocenters. The first kappa shape index (κ1) is 22.6. The monoisotopic (exact) mass is 487 g/mol. The number of fused-ring (bicyclic) bond motifs is 3. The Morgan fingerprint density at radius 1 is 0.579 bits per heavy atom. The third-order valence-corrected chi connectivity index (χ3v) is 7.80. The Kier molecular flexibility index (Phi) is 5.75. The van der Waals surface area contributed by atoms with Gasteiger partial charge in [0.25, 0.3) is 0 Å². The summed E-state index contributed by atoms with van der Waals surface area (Å²) in [5.74, 6) is 0. The number of para-hydroxylation sites is 1. The number of hydrogen-bond acceptors (Lipinski definition) is 1. The molecule has 0 aromatic heterocycles. The number of hydrogen-bond donors (Lipinski definition) is 0. The molecule has 0 amide bonds. The van der Waals surface area contributed by atoms with Crippen molar-refractivity contribution in [3.8, 4) is 22.3 Å². The molecule has 38 heavy (non-hydrogen) atoms. The van der Waals surface area contributed by atoms with Crippen LogP contribution in [0.2, 0.25) is 0 Å². The molecule has 0 radical (unpaired) electrons. The third kappa shape index (κ3) is 4.17. The Morgan fingerprint density at radius 2 is 1.16 bits per heavy atom. The highest BCUT2D eigenvalue weighted by atomic mass is 15.2. The molecule has 0 saturated heterocycles. The van der Waals surface area contributed by atoms with Gasteiger partial charge in [0.15, 0.2) is 0 Å². The lowest BCUT2D eigenvalue weighted by molar-refractivity contribution is 0.829. The van der Waals surface area contributed by atoms with Gasteiger partial charge in [0.1, 0.15) is 0 Å². The topological polar surface area (TPSA) is 3.24 Å². The molecule has 2 aliphatic rings. The zero-order valence-corrected chi connectivity index (χ0v) is 21.3. The fourth-order valence-corrected chi connectivity index (χ4v) is 5.86. The van der Waals surface area contributed by atoms with Crippen LogP contribution < -0.4 is 4.90 Å². The van der Waals surface area contributed by atoms with Crippen LogP contribution in [0.15, 0.2) is 146 Å². The standard InChI is InChI=1S/C37H29N/c1-3-9-29(10-4-1)30-19-15-27(16-20-30)25-28-17-21-31(22-18-28)32-23-24-37-35(26-32)34-13-7-8-14-36(34)38(37)33-11-5-2-6-12-33/h1-13,15-24,26,36H,14,25H2. The molecule has 5 aromatic rings. The van der Waals surface area contributed by atoms with Crippen LogP contribution in [0.4, 0.5) is 11.4 Å². The van der Waals surface area contributed by atoms with Crippen LogP contribution in [-0.2, 0) is 6.42 Å². The first-order valence-electron chi connectivity index (χ1n) is 13.4. The summed E-state index contributed by atoms with van der Waals surface area (Å²) in [6, 6.07) is 46.7. The van der Waals surface area contributed by atoms with Crippen LogP contribution in [0.5, 0.6) is 0 Å². The molecule has 1 heterocycles. The predicted octanol–water partition coefficient (Wildman–Crippen LogP) is 9.47. The van der Waals surface area contributed by atoms with Gasteiger partial charge in [0, 0.05) is 16.9 Å². The Labute approximate surface area is 225 Å². The highest BCUT2D eigenvalue weighted by molar-refractivity contribution is 5.95. The fourth-order valence-electron chi connectivity index (χ4n) is 5.86. The van der Waals surface area contributed by atoms with Crippen molar-refractivity contribution in [2.45, 2.75) is 18.9 Å². The number of allylic oxidation sites excluding steroid dienone is 2. The molecule has 0 N–H and O–H groups in total. The minimum atomic E-state index is 0.364. The lowest BCUT2D eigenvalue weighted by Gasteiger charge is -2.28. The van der Waals surface area contributed by atoms with E-state index < -0.39 is 0 Å². The molecule has 5 aromatic carbocycles. The highest BCUT2D eigenvalue weighted by Gasteiger charge is 2.34. The Bertz CT molecular complexity index is 1630. The van der Waals surface area contributed by atoms with Gasteiger partial charge >= 0.3 is 0 Å². The van der Waals surface area contributed by atoms with E-state index in [1.54, 1.807) is 0 Å². The van der Waals surface area contributed by atoms with E-state index in [0.717, 1.165) is 12.8 Å². The second-order valence-electron chi connectivity index (χ2n) is 10.2. The van der Waals surface area contributed by atoms with Crippen molar-refractivity contribution in [2.75, 3.05) is 4.90 Å². The van der Waals surface area contributed by atoms with Gasteiger partial charge in [-0.3, -0.25) is 0 Å². The third-order valence-electron chi connectivity index (χ3n) is 7.80. The highest BCUT2D eigenvalue weighted by Crippen LogP contribution is 2.48. The average molecular weight is 488 g/mol. The van der Waals surface area contributed by atoms with E-state index in [9.17, 15) is 0 Å². The molecule has 1 aliphatic heterocycles. The molecule has 0 fully saturated rings. The van der Waals surface area contributed by atoms with Crippen molar-refractivity contribution < 1.29 is 0 Å². The van der Waals surface area contributed by atoms with Gasteiger partial charge in [-0.25, -0.2) is 0 Å². The molecule has 7 rings (SSSR count). The van der Waals surface area contributed by atoms with E-state index in [1.807, 2.05) is 0 Å². The molecule has 1 atom stereocenters. The summed E-state index contributed by atoms with van der Waals surface area (Å²) in [7, 11) is 0. The van der Waals surface area contributed by atoms with Gasteiger partial charge < -0.3 is 4.90 Å². The molecule has 1 aliphatic carbocycles. The molecular formula is C37H29N. The molecular weight excluding hydrogens is 458 g/mol. The van der Waals surface area contributed by atoms with E-state index in [-0.39, 0.29) is 0 Å². The number of anilines is 2.